The van der Waals surface area contributed by atoms with E-state index in [1.807, 2.05) is 0 Å². The van der Waals surface area contributed by atoms with Gasteiger partial charge < -0.3 is 0 Å². The average Bonchev–Trinajstić information content (AvgIpc) is 2.44. The molecule has 128 valence electrons. The average molecular weight is 352 g/mol. The molecule has 3 aromatic carbocycles. The molecule has 0 atom stereocenters. The topological polar surface area (TPSA) is 0 Å². The molecule has 0 fully saturated rings. The lowest BCUT2D eigenvalue weighted by atomic mass is 9.85. The van der Waals surface area contributed by atoms with Gasteiger partial charge in [0.25, 0.3) is 0 Å². The number of rotatable bonds is 3. The predicted octanol–water partition coefficient (Wildman–Crippen LogP) is 5.70. The molecule has 0 unspecified atom stereocenters. The highest BCUT2D eigenvalue weighted by molar-refractivity contribution is 5.44. The SMILES string of the molecule is Fc1cc(F)cc(C(c2cc(F)cc(F)c2)c2cc(F)cc(F)c2)c1. The van der Waals surface area contributed by atoms with Crippen LogP contribution in [-0.2, 0) is 0 Å². The van der Waals surface area contributed by atoms with Crippen molar-refractivity contribution in [2.24, 2.45) is 0 Å². The van der Waals surface area contributed by atoms with Gasteiger partial charge in [-0.05, 0) is 53.1 Å². The summed E-state index contributed by atoms with van der Waals surface area (Å²) in [5, 5.41) is 0. The molecule has 0 N–H and O–H groups in total. The molecule has 0 saturated heterocycles. The lowest BCUT2D eigenvalue weighted by Gasteiger charge is -2.19. The molecule has 0 aliphatic heterocycles. The largest absolute Gasteiger partial charge is 0.207 e. The number of hydrogen-bond donors (Lipinski definition) is 0. The van der Waals surface area contributed by atoms with E-state index in [0.717, 1.165) is 36.4 Å². The summed E-state index contributed by atoms with van der Waals surface area (Å²) >= 11 is 0. The Hall–Kier alpha value is -2.76. The Bertz CT molecular complexity index is 752. The Morgan fingerprint density at radius 1 is 0.360 bits per heavy atom. The Labute approximate surface area is 139 Å². The lowest BCUT2D eigenvalue weighted by Crippen LogP contribution is -2.07. The molecule has 0 amide bonds. The second-order valence-electron chi connectivity index (χ2n) is 5.54. The maximum atomic E-state index is 13.6. The van der Waals surface area contributed by atoms with Gasteiger partial charge in [0.15, 0.2) is 0 Å². The van der Waals surface area contributed by atoms with Gasteiger partial charge in [0.2, 0.25) is 0 Å². The highest BCUT2D eigenvalue weighted by Gasteiger charge is 2.21. The smallest absolute Gasteiger partial charge is 0.126 e. The van der Waals surface area contributed by atoms with Gasteiger partial charge in [-0.1, -0.05) is 0 Å². The first-order chi connectivity index (χ1) is 11.8. The zero-order valence-electron chi connectivity index (χ0n) is 12.5. The zero-order chi connectivity index (χ0) is 18.1. The van der Waals surface area contributed by atoms with E-state index in [9.17, 15) is 26.3 Å². The van der Waals surface area contributed by atoms with E-state index in [-0.39, 0.29) is 16.7 Å². The van der Waals surface area contributed by atoms with Crippen molar-refractivity contribution >= 4 is 0 Å². The van der Waals surface area contributed by atoms with Gasteiger partial charge in [-0.25, -0.2) is 26.3 Å². The van der Waals surface area contributed by atoms with Crippen LogP contribution in [0.3, 0.4) is 0 Å². The first-order valence-corrected chi connectivity index (χ1v) is 7.20. The Morgan fingerprint density at radius 3 is 0.760 bits per heavy atom. The first-order valence-electron chi connectivity index (χ1n) is 7.20. The van der Waals surface area contributed by atoms with Crippen molar-refractivity contribution in [3.05, 3.63) is 106 Å². The van der Waals surface area contributed by atoms with Crippen molar-refractivity contribution in [2.75, 3.05) is 0 Å². The fraction of sp³-hybridized carbons (Fsp3) is 0.0526. The maximum absolute atomic E-state index is 13.6. The van der Waals surface area contributed by atoms with E-state index in [4.69, 9.17) is 0 Å². The molecular formula is C19H10F6. The van der Waals surface area contributed by atoms with Crippen LogP contribution >= 0.6 is 0 Å². The van der Waals surface area contributed by atoms with Crippen molar-refractivity contribution in [3.63, 3.8) is 0 Å². The predicted molar refractivity (Wildman–Crippen MR) is 80.0 cm³/mol. The molecular weight excluding hydrogens is 342 g/mol. The molecule has 0 saturated carbocycles. The van der Waals surface area contributed by atoms with Gasteiger partial charge in [0, 0.05) is 24.1 Å². The maximum Gasteiger partial charge on any atom is 0.126 e. The summed E-state index contributed by atoms with van der Waals surface area (Å²) in [6.45, 7) is 0. The summed E-state index contributed by atoms with van der Waals surface area (Å²) in [4.78, 5) is 0. The minimum Gasteiger partial charge on any atom is -0.207 e. The highest BCUT2D eigenvalue weighted by Crippen LogP contribution is 2.34. The van der Waals surface area contributed by atoms with Gasteiger partial charge in [-0.3, -0.25) is 0 Å². The van der Waals surface area contributed by atoms with Crippen LogP contribution < -0.4 is 0 Å². The van der Waals surface area contributed by atoms with E-state index in [1.54, 1.807) is 0 Å². The second-order valence-corrected chi connectivity index (χ2v) is 5.54. The zero-order valence-corrected chi connectivity index (χ0v) is 12.5. The van der Waals surface area contributed by atoms with Crippen molar-refractivity contribution in [1.29, 1.82) is 0 Å². The van der Waals surface area contributed by atoms with Gasteiger partial charge in [0.05, 0.1) is 0 Å². The number of hydrogen-bond acceptors (Lipinski definition) is 0. The molecule has 25 heavy (non-hydrogen) atoms. The van der Waals surface area contributed by atoms with E-state index < -0.39 is 40.8 Å². The van der Waals surface area contributed by atoms with Crippen molar-refractivity contribution < 1.29 is 26.3 Å². The summed E-state index contributed by atoms with van der Waals surface area (Å²) in [7, 11) is 0. The molecule has 0 aliphatic carbocycles. The molecule has 0 aromatic heterocycles. The second kappa shape index (κ2) is 6.63. The van der Waals surface area contributed by atoms with Crippen molar-refractivity contribution in [1.82, 2.24) is 0 Å². The monoisotopic (exact) mass is 352 g/mol. The molecule has 0 nitrogen and oxygen atoms in total. The van der Waals surface area contributed by atoms with E-state index >= 15 is 0 Å². The Balaban J connectivity index is 2.27. The van der Waals surface area contributed by atoms with Crippen LogP contribution in [0.15, 0.2) is 54.6 Å². The summed E-state index contributed by atoms with van der Waals surface area (Å²) in [6.07, 6.45) is 0. The first kappa shape index (κ1) is 17.1. The third kappa shape index (κ3) is 3.84. The normalized spacial score (nSPS) is 11.2. The molecule has 0 heterocycles. The lowest BCUT2D eigenvalue weighted by molar-refractivity contribution is 0.571. The fourth-order valence-electron chi connectivity index (χ4n) is 2.80. The summed E-state index contributed by atoms with van der Waals surface area (Å²) in [5.74, 6) is -6.70. The fourth-order valence-corrected chi connectivity index (χ4v) is 2.80. The van der Waals surface area contributed by atoms with E-state index in [0.29, 0.717) is 18.2 Å². The van der Waals surface area contributed by atoms with Crippen LogP contribution in [0.1, 0.15) is 22.6 Å². The Morgan fingerprint density at radius 2 is 0.560 bits per heavy atom. The molecule has 3 rings (SSSR count). The number of benzene rings is 3. The summed E-state index contributed by atoms with van der Waals surface area (Å²) < 4.78 is 81.6. The number of halogens is 6. The molecule has 0 aliphatic rings. The standard InChI is InChI=1S/C19H10F6/c20-13-1-10(2-14(21)7-13)19(11-3-15(22)8-16(23)4-11)12-5-17(24)9-18(25)6-12/h1-9,19H. The third-order valence-electron chi connectivity index (χ3n) is 3.65. The van der Waals surface area contributed by atoms with Crippen LogP contribution in [0.25, 0.3) is 0 Å². The summed E-state index contributed by atoms with van der Waals surface area (Å²) in [6, 6.07) is 7.53. The van der Waals surface area contributed by atoms with Crippen LogP contribution in [0.4, 0.5) is 26.3 Å². The van der Waals surface area contributed by atoms with Crippen LogP contribution in [0.5, 0.6) is 0 Å². The van der Waals surface area contributed by atoms with E-state index in [2.05, 4.69) is 0 Å². The quantitative estimate of drug-likeness (QED) is 0.419. The molecule has 6 heteroatoms. The van der Waals surface area contributed by atoms with Gasteiger partial charge >= 0.3 is 0 Å². The molecule has 3 aromatic rings. The minimum absolute atomic E-state index is 0.0347. The van der Waals surface area contributed by atoms with Gasteiger partial charge in [0.1, 0.15) is 34.9 Å². The van der Waals surface area contributed by atoms with Crippen LogP contribution in [-0.4, -0.2) is 0 Å². The third-order valence-corrected chi connectivity index (χ3v) is 3.65. The minimum atomic E-state index is -1.17. The van der Waals surface area contributed by atoms with Crippen molar-refractivity contribution in [2.45, 2.75) is 5.92 Å². The molecule has 0 bridgehead atoms. The Kier molecular flexibility index (Phi) is 4.53. The van der Waals surface area contributed by atoms with Crippen molar-refractivity contribution in [3.8, 4) is 0 Å². The van der Waals surface area contributed by atoms with Crippen LogP contribution in [0.2, 0.25) is 0 Å². The van der Waals surface area contributed by atoms with Gasteiger partial charge in [-0.2, -0.15) is 0 Å². The molecule has 0 spiro atoms. The van der Waals surface area contributed by atoms with Gasteiger partial charge in [-0.15, -0.1) is 0 Å². The molecule has 0 radical (unpaired) electrons. The summed E-state index contributed by atoms with van der Waals surface area (Å²) in [5.41, 5.74) is -0.104. The van der Waals surface area contributed by atoms with E-state index in [1.165, 1.54) is 0 Å². The highest BCUT2D eigenvalue weighted by atomic mass is 19.2. The van der Waals surface area contributed by atoms with Crippen LogP contribution in [0, 0.1) is 34.9 Å².